The van der Waals surface area contributed by atoms with Crippen LogP contribution in [0.25, 0.3) is 10.9 Å². The van der Waals surface area contributed by atoms with Gasteiger partial charge in [-0.1, -0.05) is 0 Å². The molecule has 0 fully saturated rings. The molecule has 0 unspecified atom stereocenters. The van der Waals surface area contributed by atoms with E-state index in [1.165, 1.54) is 12.3 Å². The first-order chi connectivity index (χ1) is 8.58. The average molecular weight is 249 g/mol. The van der Waals surface area contributed by atoms with Gasteiger partial charge in [0.1, 0.15) is 23.7 Å². The number of hydrogen-bond donors (Lipinski definition) is 1. The number of hydrogen-bond acceptors (Lipinski definition) is 3. The molecule has 92 valence electrons. The number of carboxylic acids is 1. The van der Waals surface area contributed by atoms with E-state index < -0.39 is 17.2 Å². The van der Waals surface area contributed by atoms with Crippen molar-refractivity contribution in [2.45, 2.75) is 6.54 Å². The number of aromatic carboxylic acids is 1. The van der Waals surface area contributed by atoms with E-state index in [1.807, 2.05) is 0 Å². The van der Waals surface area contributed by atoms with Crippen LogP contribution in [-0.4, -0.2) is 22.2 Å². The van der Waals surface area contributed by atoms with Crippen LogP contribution in [0.5, 0.6) is 5.75 Å². The van der Waals surface area contributed by atoms with Crippen molar-refractivity contribution in [3.05, 3.63) is 39.9 Å². The monoisotopic (exact) mass is 249 g/mol. The minimum absolute atomic E-state index is 0.0320. The Bertz CT molecular complexity index is 735. The van der Waals surface area contributed by atoms with Crippen LogP contribution in [0.1, 0.15) is 10.4 Å². The lowest BCUT2D eigenvalue weighted by Gasteiger charge is -2.21. The molecule has 1 aliphatic heterocycles. The quantitative estimate of drug-likeness (QED) is 0.825. The molecule has 2 heterocycles. The summed E-state index contributed by atoms with van der Waals surface area (Å²) in [5.41, 5.74) is -0.612. The maximum atomic E-state index is 13.4. The van der Waals surface area contributed by atoms with E-state index >= 15 is 0 Å². The fourth-order valence-corrected chi connectivity index (χ4v) is 2.16. The number of carbonyl (C=O) groups is 1. The Morgan fingerprint density at radius 3 is 2.94 bits per heavy atom. The Morgan fingerprint density at radius 1 is 1.44 bits per heavy atom. The Labute approximate surface area is 100 Å². The highest BCUT2D eigenvalue weighted by atomic mass is 19.1. The van der Waals surface area contributed by atoms with E-state index in [1.54, 1.807) is 4.57 Å². The SMILES string of the molecule is O=C(O)c1cn2c3c(cc(F)cc3c1=O)OCC2. The number of rotatable bonds is 1. The summed E-state index contributed by atoms with van der Waals surface area (Å²) in [6, 6.07) is 2.23. The zero-order chi connectivity index (χ0) is 12.9. The van der Waals surface area contributed by atoms with Crippen LogP contribution in [0, 0.1) is 5.82 Å². The molecule has 1 N–H and O–H groups in total. The second kappa shape index (κ2) is 3.56. The Morgan fingerprint density at radius 2 is 2.22 bits per heavy atom. The Kier molecular flexibility index (Phi) is 2.13. The minimum atomic E-state index is -1.32. The van der Waals surface area contributed by atoms with Gasteiger partial charge in [0.25, 0.3) is 0 Å². The smallest absolute Gasteiger partial charge is 0.341 e. The van der Waals surface area contributed by atoms with Gasteiger partial charge in [-0.05, 0) is 6.07 Å². The third kappa shape index (κ3) is 1.38. The van der Waals surface area contributed by atoms with Crippen molar-refractivity contribution in [2.75, 3.05) is 6.61 Å². The number of halogens is 1. The van der Waals surface area contributed by atoms with Gasteiger partial charge in [0.15, 0.2) is 0 Å². The van der Waals surface area contributed by atoms with Crippen molar-refractivity contribution >= 4 is 16.9 Å². The van der Waals surface area contributed by atoms with Crippen molar-refractivity contribution < 1.29 is 19.0 Å². The normalized spacial score (nSPS) is 13.4. The molecule has 2 aromatic rings. The summed E-state index contributed by atoms with van der Waals surface area (Å²) < 4.78 is 20.3. The van der Waals surface area contributed by atoms with Crippen molar-refractivity contribution in [1.82, 2.24) is 4.57 Å². The summed E-state index contributed by atoms with van der Waals surface area (Å²) in [4.78, 5) is 22.9. The van der Waals surface area contributed by atoms with Gasteiger partial charge in [-0.25, -0.2) is 9.18 Å². The Balaban J connectivity index is 2.52. The lowest BCUT2D eigenvalue weighted by atomic mass is 10.1. The number of carboxylic acid groups (broad SMARTS) is 1. The standard InChI is InChI=1S/C12H8FNO4/c13-6-3-7-10-9(4-6)18-2-1-14(10)5-8(11(7)15)12(16)17/h3-5H,1-2H2,(H,16,17). The lowest BCUT2D eigenvalue weighted by Crippen LogP contribution is -2.23. The highest BCUT2D eigenvalue weighted by Crippen LogP contribution is 2.28. The molecule has 18 heavy (non-hydrogen) atoms. The highest BCUT2D eigenvalue weighted by Gasteiger charge is 2.20. The fourth-order valence-electron chi connectivity index (χ4n) is 2.16. The van der Waals surface area contributed by atoms with Gasteiger partial charge < -0.3 is 14.4 Å². The number of pyridine rings is 1. The molecule has 0 amide bonds. The largest absolute Gasteiger partial charge is 0.489 e. The van der Waals surface area contributed by atoms with E-state index in [0.29, 0.717) is 18.7 Å². The molecule has 0 saturated heterocycles. The van der Waals surface area contributed by atoms with Gasteiger partial charge in [-0.15, -0.1) is 0 Å². The Hall–Kier alpha value is -2.37. The molecule has 3 rings (SSSR count). The summed E-state index contributed by atoms with van der Waals surface area (Å²) in [6.45, 7) is 0.739. The van der Waals surface area contributed by atoms with Gasteiger partial charge in [-0.3, -0.25) is 4.79 Å². The van der Waals surface area contributed by atoms with E-state index in [9.17, 15) is 14.0 Å². The molecule has 1 aromatic carbocycles. The van der Waals surface area contributed by atoms with Crippen molar-refractivity contribution in [2.24, 2.45) is 0 Å². The third-order valence-electron chi connectivity index (χ3n) is 2.92. The zero-order valence-electron chi connectivity index (χ0n) is 9.14. The molecule has 0 spiro atoms. The number of ether oxygens (including phenoxy) is 1. The van der Waals surface area contributed by atoms with Crippen LogP contribution in [0.2, 0.25) is 0 Å². The molecule has 0 saturated carbocycles. The summed E-state index contributed by atoms with van der Waals surface area (Å²) in [5.74, 6) is -1.67. The predicted molar refractivity (Wildman–Crippen MR) is 60.6 cm³/mol. The second-order valence-corrected chi connectivity index (χ2v) is 4.02. The van der Waals surface area contributed by atoms with E-state index in [0.717, 1.165) is 6.07 Å². The fraction of sp³-hybridized carbons (Fsp3) is 0.167. The molecule has 0 aliphatic carbocycles. The first-order valence-corrected chi connectivity index (χ1v) is 5.31. The third-order valence-corrected chi connectivity index (χ3v) is 2.92. The first-order valence-electron chi connectivity index (χ1n) is 5.31. The van der Waals surface area contributed by atoms with Crippen molar-refractivity contribution in [3.8, 4) is 5.75 Å². The van der Waals surface area contributed by atoms with E-state index in [-0.39, 0.29) is 16.7 Å². The number of benzene rings is 1. The zero-order valence-corrected chi connectivity index (χ0v) is 9.14. The van der Waals surface area contributed by atoms with E-state index in [4.69, 9.17) is 9.84 Å². The maximum absolute atomic E-state index is 13.4. The van der Waals surface area contributed by atoms with Gasteiger partial charge in [-0.2, -0.15) is 0 Å². The van der Waals surface area contributed by atoms with E-state index in [2.05, 4.69) is 0 Å². The predicted octanol–water partition coefficient (Wildman–Crippen LogP) is 1.23. The lowest BCUT2D eigenvalue weighted by molar-refractivity contribution is 0.0694. The van der Waals surface area contributed by atoms with Crippen LogP contribution < -0.4 is 10.2 Å². The topological polar surface area (TPSA) is 68.5 Å². The first kappa shape index (κ1) is 10.8. The molecule has 1 aliphatic rings. The number of nitrogens with zero attached hydrogens (tertiary/aromatic N) is 1. The van der Waals surface area contributed by atoms with Gasteiger partial charge >= 0.3 is 5.97 Å². The van der Waals surface area contributed by atoms with Crippen LogP contribution in [-0.2, 0) is 6.54 Å². The molecule has 0 atom stereocenters. The van der Waals surface area contributed by atoms with Gasteiger partial charge in [0.2, 0.25) is 5.43 Å². The van der Waals surface area contributed by atoms with Crippen molar-refractivity contribution in [3.63, 3.8) is 0 Å². The second-order valence-electron chi connectivity index (χ2n) is 4.02. The van der Waals surface area contributed by atoms with Crippen LogP contribution >= 0.6 is 0 Å². The maximum Gasteiger partial charge on any atom is 0.341 e. The van der Waals surface area contributed by atoms with Crippen LogP contribution in [0.15, 0.2) is 23.1 Å². The van der Waals surface area contributed by atoms with Gasteiger partial charge in [0.05, 0.1) is 17.4 Å². The summed E-state index contributed by atoms with van der Waals surface area (Å²) in [6.07, 6.45) is 1.27. The summed E-state index contributed by atoms with van der Waals surface area (Å²) >= 11 is 0. The van der Waals surface area contributed by atoms with Crippen LogP contribution in [0.3, 0.4) is 0 Å². The average Bonchev–Trinajstić information content (AvgIpc) is 2.32. The number of aromatic nitrogens is 1. The molecule has 1 aromatic heterocycles. The molecule has 5 nitrogen and oxygen atoms in total. The molecular formula is C12H8FNO4. The molecule has 0 bridgehead atoms. The molecule has 6 heteroatoms. The van der Waals surface area contributed by atoms with Crippen molar-refractivity contribution in [1.29, 1.82) is 0 Å². The molecule has 0 radical (unpaired) electrons. The summed E-state index contributed by atoms with van der Waals surface area (Å²) in [7, 11) is 0. The minimum Gasteiger partial charge on any atom is -0.489 e. The van der Waals surface area contributed by atoms with Crippen LogP contribution in [0.4, 0.5) is 4.39 Å². The highest BCUT2D eigenvalue weighted by molar-refractivity contribution is 5.94. The molecular weight excluding hydrogens is 241 g/mol. The van der Waals surface area contributed by atoms with Gasteiger partial charge in [0, 0.05) is 12.3 Å². The summed E-state index contributed by atoms with van der Waals surface area (Å²) in [5, 5.41) is 9.00.